The van der Waals surface area contributed by atoms with E-state index < -0.39 is 9.61 Å². The van der Waals surface area contributed by atoms with Gasteiger partial charge < -0.3 is 0 Å². The minimum absolute atomic E-state index is 0.0234. The van der Waals surface area contributed by atoms with Crippen molar-refractivity contribution in [1.82, 2.24) is 0 Å². The molecule has 0 aliphatic carbocycles. The Bertz CT molecular complexity index is 197. The Labute approximate surface area is 69.8 Å². The van der Waals surface area contributed by atoms with Gasteiger partial charge in [-0.1, -0.05) is 0 Å². The molecule has 0 amide bonds. The first-order valence-electron chi connectivity index (χ1n) is 2.93. The van der Waals surface area contributed by atoms with Crippen LogP contribution in [0.1, 0.15) is 0 Å². The van der Waals surface area contributed by atoms with Crippen molar-refractivity contribution in [2.24, 2.45) is 0 Å². The number of aliphatic hydroxyl groups is 1. The zero-order valence-electron chi connectivity index (χ0n) is 5.08. The van der Waals surface area contributed by atoms with Gasteiger partial charge >= 0.3 is 69.6 Å². The summed E-state index contributed by atoms with van der Waals surface area (Å²) in [5.74, 6) is 0.0234. The van der Waals surface area contributed by atoms with Gasteiger partial charge in [-0.05, 0) is 0 Å². The molecule has 3 aliphatic rings. The van der Waals surface area contributed by atoms with E-state index in [1.165, 1.54) is 0 Å². The SMILES string of the molecule is [B]C1OC2(CO)[I-]C1C2=O. The van der Waals surface area contributed by atoms with Crippen molar-refractivity contribution in [3.8, 4) is 0 Å². The number of hydrogen-bond acceptors (Lipinski definition) is 3. The standard InChI is InChI=1S/C5H5BIO3/c6-4-2-3(9)5(1-8,7-2)10-4/h2,4,8H,1H2/q-1. The van der Waals surface area contributed by atoms with Crippen molar-refractivity contribution in [2.45, 2.75) is 13.5 Å². The fourth-order valence-electron chi connectivity index (χ4n) is 1.17. The number of carbonyl (C=O) groups excluding carboxylic acids is 1. The molecular formula is C5H5BIO3-. The van der Waals surface area contributed by atoms with Crippen LogP contribution in [0.2, 0.25) is 0 Å². The van der Waals surface area contributed by atoms with Gasteiger partial charge in [-0.2, -0.15) is 0 Å². The number of alkyl halides is 2. The second kappa shape index (κ2) is 1.95. The van der Waals surface area contributed by atoms with E-state index in [2.05, 4.69) is 0 Å². The topological polar surface area (TPSA) is 46.5 Å². The third kappa shape index (κ3) is 0.610. The number of rotatable bonds is 1. The van der Waals surface area contributed by atoms with E-state index in [9.17, 15) is 4.79 Å². The maximum atomic E-state index is 11.0. The molecule has 1 N–H and O–H groups in total. The molecule has 3 rings (SSSR count). The average molecular weight is 251 g/mol. The van der Waals surface area contributed by atoms with E-state index in [4.69, 9.17) is 17.7 Å². The van der Waals surface area contributed by atoms with Crippen molar-refractivity contribution in [3.63, 3.8) is 0 Å². The number of aliphatic hydroxyl groups excluding tert-OH is 1. The van der Waals surface area contributed by atoms with E-state index in [1.807, 2.05) is 0 Å². The molecule has 2 bridgehead atoms. The minimum atomic E-state index is -0.789. The monoisotopic (exact) mass is 251 g/mol. The van der Waals surface area contributed by atoms with Crippen LogP contribution < -0.4 is 21.2 Å². The summed E-state index contributed by atoms with van der Waals surface area (Å²) < 4.78 is 4.29. The molecule has 3 unspecified atom stereocenters. The van der Waals surface area contributed by atoms with Crippen molar-refractivity contribution < 1.29 is 35.8 Å². The number of halogens is 1. The summed E-state index contributed by atoms with van der Waals surface area (Å²) in [7, 11) is 5.44. The van der Waals surface area contributed by atoms with Crippen molar-refractivity contribution in [1.29, 1.82) is 0 Å². The molecule has 0 aromatic heterocycles. The molecule has 0 aromatic carbocycles. The number of carbonyl (C=O) groups is 1. The Hall–Kier alpha value is 0.385. The van der Waals surface area contributed by atoms with Gasteiger partial charge in [0.1, 0.15) is 0 Å². The predicted molar refractivity (Wildman–Crippen MR) is 29.2 cm³/mol. The van der Waals surface area contributed by atoms with Gasteiger partial charge in [-0.25, -0.2) is 0 Å². The van der Waals surface area contributed by atoms with E-state index in [0.717, 1.165) is 0 Å². The van der Waals surface area contributed by atoms with Gasteiger partial charge in [-0.3, -0.25) is 0 Å². The summed E-state index contributed by atoms with van der Waals surface area (Å²) in [6.45, 7) is -0.177. The Morgan fingerprint density at radius 1 is 1.90 bits per heavy atom. The van der Waals surface area contributed by atoms with Crippen LogP contribution in [0.25, 0.3) is 0 Å². The van der Waals surface area contributed by atoms with Gasteiger partial charge in [0.15, 0.2) is 0 Å². The van der Waals surface area contributed by atoms with Crippen LogP contribution in [0, 0.1) is 0 Å². The van der Waals surface area contributed by atoms with Crippen molar-refractivity contribution in [3.05, 3.63) is 0 Å². The molecule has 3 atom stereocenters. The molecule has 0 spiro atoms. The molecule has 2 radical (unpaired) electrons. The first-order chi connectivity index (χ1) is 4.69. The van der Waals surface area contributed by atoms with Crippen LogP contribution >= 0.6 is 0 Å². The molecular weight excluding hydrogens is 246 g/mol. The van der Waals surface area contributed by atoms with Crippen LogP contribution in [0.15, 0.2) is 0 Å². The number of hydrogen-bond donors (Lipinski definition) is 1. The molecule has 10 heavy (non-hydrogen) atoms. The fourth-order valence-corrected chi connectivity index (χ4v) is 4.33. The Balaban J connectivity index is 2.25. The van der Waals surface area contributed by atoms with Gasteiger partial charge in [-0.15, -0.1) is 0 Å². The normalized spacial score (nSPS) is 51.9. The first-order valence-corrected chi connectivity index (χ1v) is 5.25. The summed E-state index contributed by atoms with van der Waals surface area (Å²) in [5.41, 5.74) is 0. The van der Waals surface area contributed by atoms with Gasteiger partial charge in [0.2, 0.25) is 0 Å². The van der Waals surface area contributed by atoms with E-state index in [-0.39, 0.29) is 37.5 Å². The zero-order chi connectivity index (χ0) is 7.35. The quantitative estimate of drug-likeness (QED) is 0.289. The van der Waals surface area contributed by atoms with Crippen LogP contribution in [-0.4, -0.2) is 38.9 Å². The first kappa shape index (κ1) is 7.06. The Morgan fingerprint density at radius 3 is 2.80 bits per heavy atom. The maximum absolute atomic E-state index is 11.0. The Morgan fingerprint density at radius 2 is 2.60 bits per heavy atom. The van der Waals surface area contributed by atoms with Crippen LogP contribution in [0.5, 0.6) is 0 Å². The van der Waals surface area contributed by atoms with Gasteiger partial charge in [0.25, 0.3) is 0 Å². The number of ether oxygens (including phenoxy) is 1. The molecule has 3 saturated heterocycles. The predicted octanol–water partition coefficient (Wildman–Crippen LogP) is -4.76. The van der Waals surface area contributed by atoms with E-state index >= 15 is 0 Å². The third-order valence-electron chi connectivity index (χ3n) is 1.73. The second-order valence-electron chi connectivity index (χ2n) is 2.34. The molecule has 54 valence electrons. The summed E-state index contributed by atoms with van der Waals surface area (Å²) >= 11 is -0.337. The molecule has 3 fully saturated rings. The van der Waals surface area contributed by atoms with Crippen LogP contribution in [-0.2, 0) is 9.53 Å². The molecule has 0 saturated carbocycles. The summed E-state index contributed by atoms with van der Waals surface area (Å²) in [6.07, 6.45) is 0. The molecule has 0 aromatic rings. The Kier molecular flexibility index (Phi) is 1.38. The summed E-state index contributed by atoms with van der Waals surface area (Å²) in [5, 5.41) is 8.78. The van der Waals surface area contributed by atoms with E-state index in [1.54, 1.807) is 0 Å². The fraction of sp³-hybridized carbons (Fsp3) is 0.800. The third-order valence-corrected chi connectivity index (χ3v) is 5.81. The van der Waals surface area contributed by atoms with Gasteiger partial charge in [0, 0.05) is 0 Å². The molecule has 5 heteroatoms. The zero-order valence-corrected chi connectivity index (χ0v) is 7.24. The number of Topliss-reactive ketones (excluding diaryl/α,β-unsaturated/α-hetero) is 1. The molecule has 3 heterocycles. The van der Waals surface area contributed by atoms with E-state index in [0.29, 0.717) is 0 Å². The molecule has 3 aliphatic heterocycles. The van der Waals surface area contributed by atoms with Crippen molar-refractivity contribution >= 4 is 13.6 Å². The molecule has 3 nitrogen and oxygen atoms in total. The number of ketones is 1. The second-order valence-corrected chi connectivity index (χ2v) is 6.05. The van der Waals surface area contributed by atoms with Crippen molar-refractivity contribution in [2.75, 3.05) is 6.61 Å². The van der Waals surface area contributed by atoms with Crippen LogP contribution in [0.3, 0.4) is 0 Å². The van der Waals surface area contributed by atoms with Gasteiger partial charge in [0.05, 0.1) is 0 Å². The summed E-state index contributed by atoms with van der Waals surface area (Å²) in [6, 6.07) is -0.424. The average Bonchev–Trinajstić information content (AvgIpc) is 2.37. The number of fused-ring (bicyclic) bond motifs is 1. The van der Waals surface area contributed by atoms with Crippen LogP contribution in [0.4, 0.5) is 0 Å². The summed E-state index contributed by atoms with van der Waals surface area (Å²) in [4.78, 5) is 11.0.